The highest BCUT2D eigenvalue weighted by Gasteiger charge is 2.63. The number of hydrogen-bond donors (Lipinski definition) is 1. The monoisotopic (exact) mass is 440 g/mol. The molecule has 6 nitrogen and oxygen atoms in total. The van der Waals surface area contributed by atoms with E-state index in [9.17, 15) is 19.6 Å². The van der Waals surface area contributed by atoms with Gasteiger partial charge in [-0.1, -0.05) is 25.5 Å². The number of carbonyl (C=O) groups is 3. The third-order valence-electron chi connectivity index (χ3n) is 9.81. The molecule has 4 aliphatic carbocycles. The summed E-state index contributed by atoms with van der Waals surface area (Å²) in [6, 6.07) is 2.12. The van der Waals surface area contributed by atoms with Crippen LogP contribution in [0.25, 0.3) is 0 Å². The average molecular weight is 441 g/mol. The van der Waals surface area contributed by atoms with Crippen molar-refractivity contribution in [3.63, 3.8) is 0 Å². The van der Waals surface area contributed by atoms with Gasteiger partial charge in [-0.2, -0.15) is 5.26 Å². The molecule has 0 aromatic heterocycles. The number of carbonyl (C=O) groups excluding carboxylic acids is 3. The van der Waals surface area contributed by atoms with Gasteiger partial charge < -0.3 is 10.5 Å². The van der Waals surface area contributed by atoms with Crippen LogP contribution in [0.2, 0.25) is 0 Å². The van der Waals surface area contributed by atoms with Crippen LogP contribution in [0, 0.1) is 57.7 Å². The molecule has 0 radical (unpaired) electrons. The molecule has 4 rings (SSSR count). The summed E-state index contributed by atoms with van der Waals surface area (Å²) in [6.45, 7) is 7.68. The average Bonchev–Trinajstić information content (AvgIpc) is 3.01. The van der Waals surface area contributed by atoms with Gasteiger partial charge in [-0.25, -0.2) is 0 Å². The molecule has 3 fully saturated rings. The minimum atomic E-state index is -0.908. The van der Waals surface area contributed by atoms with Crippen molar-refractivity contribution in [1.29, 1.82) is 5.26 Å². The molecule has 0 aromatic rings. The van der Waals surface area contributed by atoms with Gasteiger partial charge in [0.05, 0.1) is 6.07 Å². The molecule has 0 saturated heterocycles. The molecule has 9 atom stereocenters. The van der Waals surface area contributed by atoms with E-state index >= 15 is 0 Å². The number of ether oxygens (including phenoxy) is 1. The highest BCUT2D eigenvalue weighted by atomic mass is 16.5. The van der Waals surface area contributed by atoms with Crippen molar-refractivity contribution < 1.29 is 19.1 Å². The van der Waals surface area contributed by atoms with Crippen molar-refractivity contribution in [2.24, 2.45) is 52.1 Å². The van der Waals surface area contributed by atoms with Crippen LogP contribution in [-0.4, -0.2) is 23.8 Å². The SMILES string of the molecule is CC(=O)O[C@@H]1CC[C@@]2(C)C(=CC[C@H]3[C@@H]4C[C@H]([C@@H](C#N)C(N)=O)[C@H](C(C)=O)[C@@]4(C)CC[C@@H]32)C1. The molecular weight excluding hydrogens is 404 g/mol. The Bertz CT molecular complexity index is 904. The Kier molecular flexibility index (Phi) is 5.76. The summed E-state index contributed by atoms with van der Waals surface area (Å²) in [7, 11) is 0. The van der Waals surface area contributed by atoms with Gasteiger partial charge in [0.25, 0.3) is 0 Å². The number of amides is 1. The summed E-state index contributed by atoms with van der Waals surface area (Å²) in [5.41, 5.74) is 6.90. The maximum Gasteiger partial charge on any atom is 0.302 e. The Labute approximate surface area is 190 Å². The Balaban J connectivity index is 1.65. The number of nitriles is 1. The first kappa shape index (κ1) is 23.0. The van der Waals surface area contributed by atoms with E-state index in [1.165, 1.54) is 12.5 Å². The first-order chi connectivity index (χ1) is 15.0. The van der Waals surface area contributed by atoms with E-state index in [0.29, 0.717) is 17.8 Å². The molecule has 0 bridgehead atoms. The zero-order valence-electron chi connectivity index (χ0n) is 19.7. The molecule has 174 valence electrons. The lowest BCUT2D eigenvalue weighted by molar-refractivity contribution is -0.149. The van der Waals surface area contributed by atoms with Crippen LogP contribution in [0.3, 0.4) is 0 Å². The number of allylic oxidation sites excluding steroid dienone is 1. The number of rotatable bonds is 4. The second-order valence-corrected chi connectivity index (χ2v) is 11.3. The third-order valence-corrected chi connectivity index (χ3v) is 9.81. The van der Waals surface area contributed by atoms with E-state index in [2.05, 4.69) is 26.0 Å². The molecule has 0 unspecified atom stereocenters. The summed E-state index contributed by atoms with van der Waals surface area (Å²) in [6.07, 6.45) is 8.71. The summed E-state index contributed by atoms with van der Waals surface area (Å²) >= 11 is 0. The van der Waals surface area contributed by atoms with Gasteiger partial charge in [0.2, 0.25) is 5.91 Å². The molecule has 3 saturated carbocycles. The van der Waals surface area contributed by atoms with Crippen LogP contribution in [0.1, 0.15) is 72.6 Å². The Morgan fingerprint density at radius 2 is 1.91 bits per heavy atom. The van der Waals surface area contributed by atoms with Crippen molar-refractivity contribution in [3.8, 4) is 6.07 Å². The second-order valence-electron chi connectivity index (χ2n) is 11.3. The van der Waals surface area contributed by atoms with Crippen LogP contribution in [-0.2, 0) is 19.1 Å². The Hall–Kier alpha value is -2.16. The summed E-state index contributed by atoms with van der Waals surface area (Å²) < 4.78 is 5.53. The lowest BCUT2D eigenvalue weighted by Crippen LogP contribution is -2.51. The Morgan fingerprint density at radius 1 is 1.19 bits per heavy atom. The molecular formula is C26H36N2O4. The van der Waals surface area contributed by atoms with Crippen molar-refractivity contribution in [1.82, 2.24) is 0 Å². The second kappa shape index (κ2) is 8.01. The zero-order valence-corrected chi connectivity index (χ0v) is 19.7. The molecule has 0 spiro atoms. The van der Waals surface area contributed by atoms with Gasteiger partial charge in [0.15, 0.2) is 0 Å². The lowest BCUT2D eigenvalue weighted by Gasteiger charge is -2.58. The first-order valence-electron chi connectivity index (χ1n) is 12.1. The van der Waals surface area contributed by atoms with Crippen LogP contribution < -0.4 is 5.73 Å². The van der Waals surface area contributed by atoms with E-state index in [1.54, 1.807) is 6.92 Å². The quantitative estimate of drug-likeness (QED) is 0.526. The van der Waals surface area contributed by atoms with Crippen molar-refractivity contribution >= 4 is 17.7 Å². The predicted molar refractivity (Wildman–Crippen MR) is 119 cm³/mol. The van der Waals surface area contributed by atoms with Crippen LogP contribution in [0.4, 0.5) is 0 Å². The maximum absolute atomic E-state index is 12.8. The fourth-order valence-corrected chi connectivity index (χ4v) is 8.52. The van der Waals surface area contributed by atoms with E-state index in [4.69, 9.17) is 10.5 Å². The largest absolute Gasteiger partial charge is 0.462 e. The van der Waals surface area contributed by atoms with Gasteiger partial charge >= 0.3 is 5.97 Å². The van der Waals surface area contributed by atoms with E-state index in [1.807, 2.05) is 0 Å². The summed E-state index contributed by atoms with van der Waals surface area (Å²) in [4.78, 5) is 36.3. The number of fused-ring (bicyclic) bond motifs is 5. The molecule has 0 aromatic carbocycles. The number of esters is 1. The highest BCUT2D eigenvalue weighted by Crippen LogP contribution is 2.68. The molecule has 2 N–H and O–H groups in total. The van der Waals surface area contributed by atoms with Gasteiger partial charge in [-0.3, -0.25) is 14.4 Å². The summed E-state index contributed by atoms with van der Waals surface area (Å²) in [5.74, 6) is -0.971. The highest BCUT2D eigenvalue weighted by molar-refractivity contribution is 5.84. The zero-order chi connectivity index (χ0) is 23.4. The molecule has 0 aliphatic heterocycles. The fraction of sp³-hybridized carbons (Fsp3) is 0.769. The van der Waals surface area contributed by atoms with Gasteiger partial charge in [0, 0.05) is 19.3 Å². The molecule has 4 aliphatic rings. The van der Waals surface area contributed by atoms with Crippen LogP contribution >= 0.6 is 0 Å². The van der Waals surface area contributed by atoms with E-state index in [0.717, 1.165) is 44.9 Å². The molecule has 6 heteroatoms. The number of hydrogen-bond acceptors (Lipinski definition) is 5. The topological polar surface area (TPSA) is 110 Å². The lowest BCUT2D eigenvalue weighted by atomic mass is 9.47. The molecule has 32 heavy (non-hydrogen) atoms. The molecule has 1 amide bonds. The van der Waals surface area contributed by atoms with Crippen LogP contribution in [0.15, 0.2) is 11.6 Å². The minimum Gasteiger partial charge on any atom is -0.462 e. The van der Waals surface area contributed by atoms with Crippen LogP contribution in [0.5, 0.6) is 0 Å². The first-order valence-corrected chi connectivity index (χ1v) is 12.1. The Morgan fingerprint density at radius 3 is 2.50 bits per heavy atom. The molecule has 0 heterocycles. The summed E-state index contributed by atoms with van der Waals surface area (Å²) in [5, 5.41) is 9.68. The van der Waals surface area contributed by atoms with Gasteiger partial charge in [-0.05, 0) is 80.0 Å². The van der Waals surface area contributed by atoms with Crippen molar-refractivity contribution in [2.75, 3.05) is 0 Å². The van der Waals surface area contributed by atoms with E-state index < -0.39 is 11.8 Å². The van der Waals surface area contributed by atoms with Crippen molar-refractivity contribution in [2.45, 2.75) is 78.7 Å². The number of ketones is 1. The maximum atomic E-state index is 12.8. The number of nitrogens with two attached hydrogens (primary N) is 1. The number of primary amides is 1. The third kappa shape index (κ3) is 3.40. The normalized spacial score (nSPS) is 43.5. The van der Waals surface area contributed by atoms with Gasteiger partial charge in [0.1, 0.15) is 17.8 Å². The van der Waals surface area contributed by atoms with Crippen molar-refractivity contribution in [3.05, 3.63) is 11.6 Å². The standard InChI is InChI=1S/C26H36N2O4/c1-14(29)23-19(20(13-27)24(28)31)12-22-18-6-5-16-11-17(32-15(2)30)7-9-25(16,3)21(18)8-10-26(22,23)4/h5,17-23H,6-12H2,1-4H3,(H2,28,31)/t17-,18-,19-,20-,21+,22+,23+,25+,26+/m1/s1. The fourth-order valence-electron chi connectivity index (χ4n) is 8.52. The number of nitrogens with zero attached hydrogens (tertiary/aromatic N) is 1. The van der Waals surface area contributed by atoms with E-state index in [-0.39, 0.29) is 40.5 Å². The van der Waals surface area contributed by atoms with Gasteiger partial charge in [-0.15, -0.1) is 0 Å². The smallest absolute Gasteiger partial charge is 0.302 e. The minimum absolute atomic E-state index is 0.0258. The number of Topliss-reactive ketones (excluding diaryl/α,β-unsaturated/α-hetero) is 1. The predicted octanol–water partition coefficient (Wildman–Crippen LogP) is 3.94.